The molecule has 6 nitrogen and oxygen atoms in total. The van der Waals surface area contributed by atoms with Crippen molar-refractivity contribution in [3.05, 3.63) is 12.2 Å². The molecule has 0 rings (SSSR count). The summed E-state index contributed by atoms with van der Waals surface area (Å²) in [7, 11) is 0. The van der Waals surface area contributed by atoms with Crippen LogP contribution >= 0.6 is 0 Å². The minimum Gasteiger partial charge on any atom is -0.466 e. The number of ether oxygens (including phenoxy) is 1. The van der Waals surface area contributed by atoms with E-state index in [1.165, 1.54) is 238 Å². The van der Waals surface area contributed by atoms with Crippen molar-refractivity contribution in [1.29, 1.82) is 0 Å². The maximum absolute atomic E-state index is 12.5. The van der Waals surface area contributed by atoms with Gasteiger partial charge in [0.1, 0.15) is 0 Å². The summed E-state index contributed by atoms with van der Waals surface area (Å²) in [6, 6.07) is -0.559. The van der Waals surface area contributed by atoms with Gasteiger partial charge in [-0.1, -0.05) is 276 Å². The molecule has 3 N–H and O–H groups in total. The summed E-state index contributed by atoms with van der Waals surface area (Å²) in [6.45, 7) is 4.92. The molecule has 0 aliphatic carbocycles. The van der Waals surface area contributed by atoms with Gasteiger partial charge in [0.05, 0.1) is 25.4 Å². The summed E-state index contributed by atoms with van der Waals surface area (Å²) in [5.41, 5.74) is 0. The van der Waals surface area contributed by atoms with Crippen LogP contribution < -0.4 is 5.32 Å². The van der Waals surface area contributed by atoms with E-state index in [1.54, 1.807) is 0 Å². The zero-order valence-electron chi connectivity index (χ0n) is 44.0. The molecule has 0 saturated carbocycles. The number of aliphatic hydroxyl groups is 2. The fourth-order valence-electron chi connectivity index (χ4n) is 9.28. The Labute approximate surface area is 406 Å². The highest BCUT2D eigenvalue weighted by Gasteiger charge is 2.20. The third kappa shape index (κ3) is 51.8. The van der Waals surface area contributed by atoms with Crippen molar-refractivity contribution >= 4 is 11.9 Å². The smallest absolute Gasteiger partial charge is 0.305 e. The van der Waals surface area contributed by atoms with Crippen LogP contribution in [0.2, 0.25) is 0 Å². The number of rotatable bonds is 55. The maximum Gasteiger partial charge on any atom is 0.305 e. The molecule has 6 heteroatoms. The Morgan fingerprint density at radius 1 is 0.415 bits per heavy atom. The molecule has 0 radical (unpaired) electrons. The summed E-state index contributed by atoms with van der Waals surface area (Å²) in [5, 5.41) is 23.3. The van der Waals surface area contributed by atoms with Gasteiger partial charge in [0.25, 0.3) is 0 Å². The van der Waals surface area contributed by atoms with Crippen molar-refractivity contribution in [2.24, 2.45) is 0 Å². The Balaban J connectivity index is 3.46. The molecule has 0 fully saturated rings. The van der Waals surface area contributed by atoms with E-state index in [0.29, 0.717) is 25.9 Å². The first kappa shape index (κ1) is 63.6. The second kappa shape index (κ2) is 55.2. The lowest BCUT2D eigenvalue weighted by Crippen LogP contribution is -2.45. The Bertz CT molecular complexity index is 970. The third-order valence-corrected chi connectivity index (χ3v) is 13.8. The first-order valence-electron chi connectivity index (χ1n) is 29.4. The van der Waals surface area contributed by atoms with Crippen LogP contribution in [0.3, 0.4) is 0 Å². The van der Waals surface area contributed by atoms with Crippen molar-refractivity contribution < 1.29 is 24.5 Å². The fraction of sp³-hybridized carbons (Fsp3) is 0.932. The molecule has 2 unspecified atom stereocenters. The molecule has 0 saturated heterocycles. The minimum atomic E-state index is -0.679. The number of nitrogens with one attached hydrogen (secondary N) is 1. The molecule has 0 heterocycles. The van der Waals surface area contributed by atoms with Crippen LogP contribution in [0.25, 0.3) is 0 Å². The molecule has 0 aromatic carbocycles. The van der Waals surface area contributed by atoms with E-state index in [4.69, 9.17) is 4.74 Å². The van der Waals surface area contributed by atoms with E-state index in [1.807, 2.05) is 0 Å². The second-order valence-corrected chi connectivity index (χ2v) is 20.3. The quantitative estimate of drug-likeness (QED) is 0.0321. The van der Waals surface area contributed by atoms with Gasteiger partial charge in [-0.05, 0) is 51.4 Å². The lowest BCUT2D eigenvalue weighted by molar-refractivity contribution is -0.143. The SMILES string of the molecule is CCCCCCCC/C=C\CCCCCCCCCC(=O)OCCCCCCCCCCCCC(=O)NC(CO)C(O)CCCCCCCCCCCCCCCCCCCCCCC. The van der Waals surface area contributed by atoms with Crippen molar-refractivity contribution in [1.82, 2.24) is 5.32 Å². The standard InChI is InChI=1S/C59H115NO5/c1-3-5-7-9-11-13-15-17-19-21-22-23-24-26-27-29-31-35-39-43-47-51-57(62)56(55-61)60-58(63)52-48-44-40-36-33-34-38-42-46-50-54-65-59(64)53-49-45-41-37-32-30-28-25-20-18-16-14-12-10-8-6-4-2/h18,20,56-57,61-62H,3-17,19,21-55H2,1-2H3,(H,60,63)/b20-18-. The number of carbonyl (C=O) groups excluding carboxylic acids is 2. The minimum absolute atomic E-state index is 0.0209. The van der Waals surface area contributed by atoms with Gasteiger partial charge in [0.2, 0.25) is 5.91 Å². The van der Waals surface area contributed by atoms with E-state index >= 15 is 0 Å². The summed E-state index contributed by atoms with van der Waals surface area (Å²) in [5.74, 6) is -0.0752. The Kier molecular flexibility index (Phi) is 54.0. The van der Waals surface area contributed by atoms with Crippen LogP contribution in [0.15, 0.2) is 12.2 Å². The Hall–Kier alpha value is -1.40. The first-order chi connectivity index (χ1) is 32.0. The van der Waals surface area contributed by atoms with Gasteiger partial charge < -0.3 is 20.3 Å². The normalized spacial score (nSPS) is 12.6. The number of aliphatic hydroxyl groups excluding tert-OH is 2. The predicted molar refractivity (Wildman–Crippen MR) is 283 cm³/mol. The predicted octanol–water partition coefficient (Wildman–Crippen LogP) is 18.1. The van der Waals surface area contributed by atoms with Crippen molar-refractivity contribution in [2.75, 3.05) is 13.2 Å². The third-order valence-electron chi connectivity index (χ3n) is 13.8. The lowest BCUT2D eigenvalue weighted by Gasteiger charge is -2.22. The molecule has 0 aromatic rings. The number of esters is 1. The summed E-state index contributed by atoms with van der Waals surface area (Å²) >= 11 is 0. The molecule has 0 aliphatic rings. The Morgan fingerprint density at radius 3 is 1.09 bits per heavy atom. The number of hydrogen-bond acceptors (Lipinski definition) is 5. The van der Waals surface area contributed by atoms with E-state index in [0.717, 1.165) is 57.8 Å². The maximum atomic E-state index is 12.5. The zero-order chi connectivity index (χ0) is 47.2. The number of amides is 1. The van der Waals surface area contributed by atoms with Gasteiger partial charge >= 0.3 is 5.97 Å². The zero-order valence-corrected chi connectivity index (χ0v) is 44.0. The molecule has 0 spiro atoms. The molecule has 1 amide bonds. The van der Waals surface area contributed by atoms with Crippen molar-refractivity contribution in [2.45, 2.75) is 341 Å². The average Bonchev–Trinajstić information content (AvgIpc) is 3.31. The lowest BCUT2D eigenvalue weighted by atomic mass is 10.0. The van der Waals surface area contributed by atoms with Crippen molar-refractivity contribution in [3.8, 4) is 0 Å². The molecule has 0 aliphatic heterocycles. The van der Waals surface area contributed by atoms with Gasteiger partial charge in [0.15, 0.2) is 0 Å². The van der Waals surface area contributed by atoms with Crippen LogP contribution in [0.4, 0.5) is 0 Å². The summed E-state index contributed by atoms with van der Waals surface area (Å²) < 4.78 is 5.47. The van der Waals surface area contributed by atoms with Gasteiger partial charge in [-0.3, -0.25) is 9.59 Å². The number of hydrogen-bond donors (Lipinski definition) is 3. The van der Waals surface area contributed by atoms with Crippen LogP contribution in [0, 0.1) is 0 Å². The molecule has 0 bridgehead atoms. The molecule has 386 valence electrons. The summed E-state index contributed by atoms with van der Waals surface area (Å²) in [6.07, 6.45) is 64.8. The number of unbranched alkanes of at least 4 members (excludes halogenated alkanes) is 42. The van der Waals surface area contributed by atoms with Gasteiger partial charge in [-0.15, -0.1) is 0 Å². The van der Waals surface area contributed by atoms with Crippen molar-refractivity contribution in [3.63, 3.8) is 0 Å². The Morgan fingerprint density at radius 2 is 0.723 bits per heavy atom. The molecule has 0 aromatic heterocycles. The highest BCUT2D eigenvalue weighted by atomic mass is 16.5. The average molecular weight is 919 g/mol. The van der Waals surface area contributed by atoms with Crippen LogP contribution in [-0.4, -0.2) is 47.4 Å². The highest BCUT2D eigenvalue weighted by molar-refractivity contribution is 5.76. The van der Waals surface area contributed by atoms with E-state index in [9.17, 15) is 19.8 Å². The van der Waals surface area contributed by atoms with E-state index in [2.05, 4.69) is 31.3 Å². The molecule has 65 heavy (non-hydrogen) atoms. The highest BCUT2D eigenvalue weighted by Crippen LogP contribution is 2.18. The first-order valence-corrected chi connectivity index (χ1v) is 29.4. The molecular formula is C59H115NO5. The topological polar surface area (TPSA) is 95.9 Å². The van der Waals surface area contributed by atoms with Gasteiger partial charge in [0, 0.05) is 12.8 Å². The van der Waals surface area contributed by atoms with E-state index in [-0.39, 0.29) is 18.5 Å². The van der Waals surface area contributed by atoms with Crippen LogP contribution in [0.5, 0.6) is 0 Å². The fourth-order valence-corrected chi connectivity index (χ4v) is 9.28. The number of carbonyl (C=O) groups is 2. The molecule has 2 atom stereocenters. The monoisotopic (exact) mass is 918 g/mol. The summed E-state index contributed by atoms with van der Waals surface area (Å²) in [4.78, 5) is 24.6. The van der Waals surface area contributed by atoms with E-state index < -0.39 is 12.1 Å². The second-order valence-electron chi connectivity index (χ2n) is 20.3. The number of allylic oxidation sites excluding steroid dienone is 2. The van der Waals surface area contributed by atoms with Gasteiger partial charge in [-0.2, -0.15) is 0 Å². The van der Waals surface area contributed by atoms with Gasteiger partial charge in [-0.25, -0.2) is 0 Å². The molecular weight excluding hydrogens is 803 g/mol. The van der Waals surface area contributed by atoms with Crippen LogP contribution in [0.1, 0.15) is 328 Å². The largest absolute Gasteiger partial charge is 0.466 e. The van der Waals surface area contributed by atoms with Crippen LogP contribution in [-0.2, 0) is 14.3 Å².